The fourth-order valence-corrected chi connectivity index (χ4v) is 2.90. The van der Waals surface area contributed by atoms with Crippen molar-refractivity contribution in [3.8, 4) is 0 Å². The topological polar surface area (TPSA) is 64.2 Å². The third kappa shape index (κ3) is 3.36. The summed E-state index contributed by atoms with van der Waals surface area (Å²) in [6, 6.07) is 7.87. The number of aromatic nitrogens is 2. The maximum Gasteiger partial charge on any atom is 0.253 e. The average molecular weight is 298 g/mol. The minimum absolute atomic E-state index is 0.129. The van der Waals surface area contributed by atoms with E-state index in [2.05, 4.69) is 4.98 Å². The van der Waals surface area contributed by atoms with Gasteiger partial charge in [-0.25, -0.2) is 4.98 Å². The molecule has 0 bridgehead atoms. The Kier molecular flexibility index (Phi) is 4.53. The van der Waals surface area contributed by atoms with E-state index in [-0.39, 0.29) is 5.91 Å². The van der Waals surface area contributed by atoms with Crippen LogP contribution in [0.4, 0.5) is 0 Å². The highest BCUT2D eigenvalue weighted by molar-refractivity contribution is 5.94. The molecule has 0 spiro atoms. The summed E-state index contributed by atoms with van der Waals surface area (Å²) in [6.07, 6.45) is 7.52. The molecule has 116 valence electrons. The molecule has 2 aromatic rings. The Morgan fingerprint density at radius 2 is 1.95 bits per heavy atom. The van der Waals surface area contributed by atoms with Crippen LogP contribution in [-0.4, -0.2) is 40.0 Å². The highest BCUT2D eigenvalue weighted by Gasteiger charge is 2.22. The number of nitrogens with zero attached hydrogens (tertiary/aromatic N) is 3. The van der Waals surface area contributed by atoms with Gasteiger partial charge in [0.15, 0.2) is 0 Å². The zero-order valence-electron chi connectivity index (χ0n) is 12.7. The van der Waals surface area contributed by atoms with Gasteiger partial charge in [0.2, 0.25) is 0 Å². The summed E-state index contributed by atoms with van der Waals surface area (Å²) in [5.41, 5.74) is 7.63. The highest BCUT2D eigenvalue weighted by atomic mass is 16.2. The van der Waals surface area contributed by atoms with Gasteiger partial charge in [-0.2, -0.15) is 0 Å². The average Bonchev–Trinajstić information content (AvgIpc) is 3.08. The number of imidazole rings is 1. The fourth-order valence-electron chi connectivity index (χ4n) is 2.90. The summed E-state index contributed by atoms with van der Waals surface area (Å²) in [5, 5.41) is 0. The lowest BCUT2D eigenvalue weighted by Gasteiger charge is -2.31. The molecule has 5 nitrogen and oxygen atoms in total. The second-order valence-electron chi connectivity index (χ2n) is 5.90. The zero-order valence-corrected chi connectivity index (χ0v) is 12.7. The lowest BCUT2D eigenvalue weighted by Crippen LogP contribution is -2.40. The van der Waals surface area contributed by atoms with E-state index >= 15 is 0 Å². The van der Waals surface area contributed by atoms with Crippen LogP contribution in [0.3, 0.4) is 0 Å². The van der Waals surface area contributed by atoms with Crippen LogP contribution in [0.5, 0.6) is 0 Å². The number of carbonyl (C=O) groups excluding carboxylic acids is 1. The smallest absolute Gasteiger partial charge is 0.253 e. The molecule has 1 aromatic heterocycles. The number of hydrogen-bond acceptors (Lipinski definition) is 3. The van der Waals surface area contributed by atoms with E-state index in [1.807, 2.05) is 39.9 Å². The van der Waals surface area contributed by atoms with Crippen molar-refractivity contribution in [3.05, 3.63) is 54.1 Å². The molecule has 1 amide bonds. The molecule has 22 heavy (non-hydrogen) atoms. The Hall–Kier alpha value is -2.14. The van der Waals surface area contributed by atoms with E-state index in [1.165, 1.54) is 0 Å². The minimum atomic E-state index is 0.129. The van der Waals surface area contributed by atoms with E-state index in [9.17, 15) is 4.79 Å². The van der Waals surface area contributed by atoms with E-state index < -0.39 is 0 Å². The lowest BCUT2D eigenvalue weighted by atomic mass is 9.96. The summed E-state index contributed by atoms with van der Waals surface area (Å²) < 4.78 is 2.01. The molecule has 0 radical (unpaired) electrons. The fraction of sp³-hybridized carbons (Fsp3) is 0.412. The third-order valence-electron chi connectivity index (χ3n) is 4.36. The van der Waals surface area contributed by atoms with Gasteiger partial charge in [-0.15, -0.1) is 0 Å². The Labute approximate surface area is 130 Å². The Morgan fingerprint density at radius 3 is 2.55 bits per heavy atom. The van der Waals surface area contributed by atoms with Crippen molar-refractivity contribution in [2.24, 2.45) is 11.7 Å². The Morgan fingerprint density at radius 1 is 1.23 bits per heavy atom. The second kappa shape index (κ2) is 6.75. The van der Waals surface area contributed by atoms with Crippen molar-refractivity contribution >= 4 is 5.91 Å². The van der Waals surface area contributed by atoms with Gasteiger partial charge in [-0.3, -0.25) is 4.79 Å². The van der Waals surface area contributed by atoms with Crippen LogP contribution < -0.4 is 5.73 Å². The number of carbonyl (C=O) groups is 1. The maximum atomic E-state index is 12.5. The molecule has 2 N–H and O–H groups in total. The van der Waals surface area contributed by atoms with Gasteiger partial charge in [0, 0.05) is 37.6 Å². The van der Waals surface area contributed by atoms with Gasteiger partial charge < -0.3 is 15.2 Å². The molecule has 1 aromatic carbocycles. The molecule has 5 heteroatoms. The first-order chi connectivity index (χ1) is 10.8. The van der Waals surface area contributed by atoms with Gasteiger partial charge in [0.1, 0.15) is 0 Å². The first-order valence-electron chi connectivity index (χ1n) is 7.80. The van der Waals surface area contributed by atoms with Crippen molar-refractivity contribution in [1.82, 2.24) is 14.5 Å². The summed E-state index contributed by atoms with van der Waals surface area (Å²) in [4.78, 5) is 18.5. The van der Waals surface area contributed by atoms with Crippen molar-refractivity contribution < 1.29 is 4.79 Å². The monoisotopic (exact) mass is 298 g/mol. The van der Waals surface area contributed by atoms with Crippen LogP contribution in [0.25, 0.3) is 0 Å². The summed E-state index contributed by atoms with van der Waals surface area (Å²) in [5.74, 6) is 0.700. The van der Waals surface area contributed by atoms with Gasteiger partial charge in [0.05, 0.1) is 6.33 Å². The standard InChI is InChI=1S/C17H22N4O/c18-11-14-5-8-21(9-6-14)17(22)16-3-1-15(2-4-16)12-20-10-7-19-13-20/h1-4,7,10,13-14H,5-6,8-9,11-12,18H2. The van der Waals surface area contributed by atoms with Gasteiger partial charge in [0.25, 0.3) is 5.91 Å². The van der Waals surface area contributed by atoms with Crippen LogP contribution in [0.15, 0.2) is 43.0 Å². The van der Waals surface area contributed by atoms with Crippen LogP contribution in [0, 0.1) is 5.92 Å². The maximum absolute atomic E-state index is 12.5. The molecule has 2 heterocycles. The van der Waals surface area contributed by atoms with Crippen LogP contribution in [0.1, 0.15) is 28.8 Å². The zero-order chi connectivity index (χ0) is 15.4. The van der Waals surface area contributed by atoms with Gasteiger partial charge in [-0.1, -0.05) is 12.1 Å². The van der Waals surface area contributed by atoms with Crippen molar-refractivity contribution in [2.45, 2.75) is 19.4 Å². The molecule has 1 aliphatic rings. The number of piperidine rings is 1. The largest absolute Gasteiger partial charge is 0.339 e. The van der Waals surface area contributed by atoms with Crippen LogP contribution in [0.2, 0.25) is 0 Å². The van der Waals surface area contributed by atoms with Gasteiger partial charge >= 0.3 is 0 Å². The number of likely N-dealkylation sites (tertiary alicyclic amines) is 1. The lowest BCUT2D eigenvalue weighted by molar-refractivity contribution is 0.0693. The first kappa shape index (κ1) is 14.8. The second-order valence-corrected chi connectivity index (χ2v) is 5.90. The van der Waals surface area contributed by atoms with E-state index in [4.69, 9.17) is 5.73 Å². The molecule has 0 saturated carbocycles. The highest BCUT2D eigenvalue weighted by Crippen LogP contribution is 2.18. The van der Waals surface area contributed by atoms with Crippen LogP contribution in [-0.2, 0) is 6.54 Å². The molecule has 1 aliphatic heterocycles. The molecule has 1 saturated heterocycles. The summed E-state index contributed by atoms with van der Waals surface area (Å²) >= 11 is 0. The predicted octanol–water partition coefficient (Wildman–Crippen LogP) is 1.74. The van der Waals surface area contributed by atoms with Crippen LogP contribution >= 0.6 is 0 Å². The SMILES string of the molecule is NCC1CCN(C(=O)c2ccc(Cn3ccnc3)cc2)CC1. The number of amides is 1. The summed E-state index contributed by atoms with van der Waals surface area (Å²) in [6.45, 7) is 3.14. The van der Waals surface area contributed by atoms with E-state index in [1.54, 1.807) is 12.5 Å². The molecular weight excluding hydrogens is 276 g/mol. The minimum Gasteiger partial charge on any atom is -0.339 e. The molecule has 1 fully saturated rings. The van der Waals surface area contributed by atoms with Gasteiger partial charge in [-0.05, 0) is 43.0 Å². The number of benzene rings is 1. The number of rotatable bonds is 4. The van der Waals surface area contributed by atoms with Crippen molar-refractivity contribution in [3.63, 3.8) is 0 Å². The quantitative estimate of drug-likeness (QED) is 0.935. The summed E-state index contributed by atoms with van der Waals surface area (Å²) in [7, 11) is 0. The first-order valence-corrected chi connectivity index (χ1v) is 7.80. The normalized spacial score (nSPS) is 16.0. The Bertz CT molecular complexity index is 598. The van der Waals surface area contributed by atoms with E-state index in [0.717, 1.165) is 50.1 Å². The Balaban J connectivity index is 1.61. The molecule has 0 aliphatic carbocycles. The van der Waals surface area contributed by atoms with Crippen molar-refractivity contribution in [2.75, 3.05) is 19.6 Å². The molecule has 0 unspecified atom stereocenters. The third-order valence-corrected chi connectivity index (χ3v) is 4.36. The predicted molar refractivity (Wildman–Crippen MR) is 85.5 cm³/mol. The molecule has 0 atom stereocenters. The molecular formula is C17H22N4O. The number of hydrogen-bond donors (Lipinski definition) is 1. The molecule has 3 rings (SSSR count). The number of nitrogens with two attached hydrogens (primary N) is 1. The van der Waals surface area contributed by atoms with Crippen molar-refractivity contribution in [1.29, 1.82) is 0 Å². The van der Waals surface area contributed by atoms with E-state index in [0.29, 0.717) is 5.92 Å².